The molecule has 0 atom stereocenters. The molecular formula is C16H13N5O2S. The van der Waals surface area contributed by atoms with Gasteiger partial charge < -0.3 is 4.74 Å². The van der Waals surface area contributed by atoms with E-state index >= 15 is 0 Å². The molecular weight excluding hydrogens is 326 g/mol. The van der Waals surface area contributed by atoms with E-state index in [-0.39, 0.29) is 5.97 Å². The van der Waals surface area contributed by atoms with E-state index in [1.54, 1.807) is 42.9 Å². The van der Waals surface area contributed by atoms with E-state index in [0.29, 0.717) is 16.2 Å². The molecule has 0 bridgehead atoms. The second kappa shape index (κ2) is 6.97. The number of aromatic nitrogens is 4. The molecule has 0 spiro atoms. The van der Waals surface area contributed by atoms with Gasteiger partial charge in [0.2, 0.25) is 4.77 Å². The van der Waals surface area contributed by atoms with Gasteiger partial charge in [-0.2, -0.15) is 14.9 Å². The summed E-state index contributed by atoms with van der Waals surface area (Å²) in [5, 5.41) is 11.3. The number of nitrogens with one attached hydrogen (secondary N) is 1. The van der Waals surface area contributed by atoms with Gasteiger partial charge in [0.05, 0.1) is 18.9 Å². The number of carbonyl (C=O) groups is 1. The van der Waals surface area contributed by atoms with Crippen molar-refractivity contribution >= 4 is 24.4 Å². The third kappa shape index (κ3) is 3.28. The first kappa shape index (κ1) is 15.8. The van der Waals surface area contributed by atoms with Gasteiger partial charge in [-0.15, -0.1) is 0 Å². The van der Waals surface area contributed by atoms with E-state index in [2.05, 4.69) is 25.0 Å². The number of hydrogen-bond acceptors (Lipinski definition) is 6. The summed E-state index contributed by atoms with van der Waals surface area (Å²) in [6.45, 7) is 0. The zero-order valence-corrected chi connectivity index (χ0v) is 13.5. The highest BCUT2D eigenvalue weighted by molar-refractivity contribution is 7.71. The number of rotatable bonds is 4. The average molecular weight is 339 g/mol. The average Bonchev–Trinajstić information content (AvgIpc) is 3.01. The van der Waals surface area contributed by atoms with Crippen LogP contribution in [-0.2, 0) is 4.74 Å². The number of hydrogen-bond donors (Lipinski definition) is 1. The van der Waals surface area contributed by atoms with E-state index in [9.17, 15) is 4.79 Å². The number of ether oxygens (including phenoxy) is 1. The van der Waals surface area contributed by atoms with E-state index in [0.717, 1.165) is 11.1 Å². The highest BCUT2D eigenvalue weighted by atomic mass is 32.1. The number of nitrogens with zero attached hydrogens (tertiary/aromatic N) is 4. The first-order valence-corrected chi connectivity index (χ1v) is 7.40. The number of methoxy groups -OCH3 is 1. The number of benzene rings is 1. The Morgan fingerprint density at radius 2 is 1.96 bits per heavy atom. The summed E-state index contributed by atoms with van der Waals surface area (Å²) in [5.74, 6) is 0.209. The quantitative estimate of drug-likeness (QED) is 0.449. The van der Waals surface area contributed by atoms with Gasteiger partial charge in [-0.05, 0) is 42.0 Å². The molecule has 8 heteroatoms. The minimum atomic E-state index is -0.379. The van der Waals surface area contributed by atoms with Gasteiger partial charge >= 0.3 is 5.97 Å². The van der Waals surface area contributed by atoms with Gasteiger partial charge in [-0.3, -0.25) is 4.98 Å². The fourth-order valence-corrected chi connectivity index (χ4v) is 2.21. The highest BCUT2D eigenvalue weighted by Gasteiger charge is 2.07. The summed E-state index contributed by atoms with van der Waals surface area (Å²) in [7, 11) is 1.35. The van der Waals surface area contributed by atoms with E-state index in [4.69, 9.17) is 12.2 Å². The third-order valence-corrected chi connectivity index (χ3v) is 3.51. The summed E-state index contributed by atoms with van der Waals surface area (Å²) < 4.78 is 6.57. The largest absolute Gasteiger partial charge is 0.465 e. The zero-order valence-electron chi connectivity index (χ0n) is 12.7. The van der Waals surface area contributed by atoms with Crippen molar-refractivity contribution in [1.82, 2.24) is 19.9 Å². The lowest BCUT2D eigenvalue weighted by atomic mass is 10.1. The molecule has 7 nitrogen and oxygen atoms in total. The highest BCUT2D eigenvalue weighted by Crippen LogP contribution is 2.15. The molecule has 3 rings (SSSR count). The van der Waals surface area contributed by atoms with Gasteiger partial charge in [-0.1, -0.05) is 12.1 Å². The molecule has 0 saturated carbocycles. The maximum absolute atomic E-state index is 11.4. The van der Waals surface area contributed by atoms with Crippen LogP contribution >= 0.6 is 12.2 Å². The van der Waals surface area contributed by atoms with Gasteiger partial charge in [0.15, 0.2) is 5.82 Å². The monoisotopic (exact) mass is 339 g/mol. The lowest BCUT2D eigenvalue weighted by Crippen LogP contribution is -2.01. The van der Waals surface area contributed by atoms with Crippen LogP contribution in [0.4, 0.5) is 0 Å². The Bertz CT molecular complexity index is 929. The molecule has 2 heterocycles. The third-order valence-electron chi connectivity index (χ3n) is 3.24. The summed E-state index contributed by atoms with van der Waals surface area (Å²) in [6.07, 6.45) is 4.98. The Hall–Kier alpha value is -3.13. The van der Waals surface area contributed by atoms with Crippen LogP contribution in [0.25, 0.3) is 11.4 Å². The molecule has 0 aliphatic carbocycles. The Kier molecular flexibility index (Phi) is 4.57. The van der Waals surface area contributed by atoms with E-state index in [1.165, 1.54) is 11.8 Å². The maximum atomic E-state index is 11.4. The van der Waals surface area contributed by atoms with Crippen LogP contribution in [-0.4, -0.2) is 39.2 Å². The summed E-state index contributed by atoms with van der Waals surface area (Å²) >= 11 is 5.21. The van der Waals surface area contributed by atoms with Crippen molar-refractivity contribution in [2.24, 2.45) is 5.10 Å². The second-order valence-corrected chi connectivity index (χ2v) is 5.14. The Morgan fingerprint density at radius 1 is 1.25 bits per heavy atom. The van der Waals surface area contributed by atoms with Gasteiger partial charge in [-0.25, -0.2) is 9.89 Å². The molecule has 120 valence electrons. The molecule has 0 radical (unpaired) electrons. The summed E-state index contributed by atoms with van der Waals surface area (Å²) in [4.78, 5) is 15.4. The van der Waals surface area contributed by atoms with Crippen molar-refractivity contribution in [2.75, 3.05) is 7.11 Å². The summed E-state index contributed by atoms with van der Waals surface area (Å²) in [6, 6.07) is 10.5. The predicted molar refractivity (Wildman–Crippen MR) is 91.4 cm³/mol. The molecule has 1 N–H and O–H groups in total. The number of aromatic amines is 1. The van der Waals surface area contributed by atoms with Gasteiger partial charge in [0, 0.05) is 18.0 Å². The van der Waals surface area contributed by atoms with Crippen LogP contribution in [0.3, 0.4) is 0 Å². The first-order valence-electron chi connectivity index (χ1n) is 6.99. The Morgan fingerprint density at radius 3 is 2.62 bits per heavy atom. The molecule has 0 unspecified atom stereocenters. The number of pyridine rings is 1. The SMILES string of the molecule is COC(=O)c1ccc(/C=N\n2c(-c3ccncc3)n[nH]c2=S)cc1. The lowest BCUT2D eigenvalue weighted by Gasteiger charge is -2.01. The zero-order chi connectivity index (χ0) is 16.9. The minimum absolute atomic E-state index is 0.379. The van der Waals surface area contributed by atoms with E-state index < -0.39 is 0 Å². The smallest absolute Gasteiger partial charge is 0.337 e. The standard InChI is InChI=1S/C16H13N5O2S/c1-23-15(22)13-4-2-11(3-5-13)10-18-21-14(19-20-16(21)24)12-6-8-17-9-7-12/h2-10H,1H3,(H,20,24)/b18-10-. The van der Waals surface area contributed by atoms with Crippen LogP contribution in [0.2, 0.25) is 0 Å². The minimum Gasteiger partial charge on any atom is -0.465 e. The molecule has 0 amide bonds. The van der Waals surface area contributed by atoms with Crippen molar-refractivity contribution in [1.29, 1.82) is 0 Å². The maximum Gasteiger partial charge on any atom is 0.337 e. The lowest BCUT2D eigenvalue weighted by molar-refractivity contribution is 0.0600. The van der Waals surface area contributed by atoms with Crippen molar-refractivity contribution in [3.63, 3.8) is 0 Å². The molecule has 2 aromatic heterocycles. The van der Waals surface area contributed by atoms with Crippen LogP contribution in [0.5, 0.6) is 0 Å². The molecule has 24 heavy (non-hydrogen) atoms. The van der Waals surface area contributed by atoms with Crippen molar-refractivity contribution < 1.29 is 9.53 Å². The second-order valence-electron chi connectivity index (χ2n) is 4.76. The molecule has 0 aliphatic heterocycles. The van der Waals surface area contributed by atoms with Crippen molar-refractivity contribution in [3.8, 4) is 11.4 Å². The van der Waals surface area contributed by atoms with Gasteiger partial charge in [0.1, 0.15) is 0 Å². The molecule has 1 aromatic carbocycles. The van der Waals surface area contributed by atoms with Crippen LogP contribution in [0.15, 0.2) is 53.9 Å². The molecule has 0 saturated heterocycles. The molecule has 0 fully saturated rings. The Balaban J connectivity index is 1.89. The predicted octanol–water partition coefficient (Wildman–Crippen LogP) is 2.67. The van der Waals surface area contributed by atoms with Gasteiger partial charge in [0.25, 0.3) is 0 Å². The first-order chi connectivity index (χ1) is 11.7. The molecule has 3 aromatic rings. The van der Waals surface area contributed by atoms with Crippen molar-refractivity contribution in [2.45, 2.75) is 0 Å². The van der Waals surface area contributed by atoms with E-state index in [1.807, 2.05) is 12.1 Å². The molecule has 0 aliphatic rings. The topological polar surface area (TPSA) is 85.2 Å². The number of esters is 1. The Labute approximate surface area is 142 Å². The van der Waals surface area contributed by atoms with Crippen molar-refractivity contribution in [3.05, 3.63) is 64.7 Å². The normalized spacial score (nSPS) is 10.9. The number of H-pyrrole nitrogens is 1. The van der Waals surface area contributed by atoms with Crippen LogP contribution < -0.4 is 0 Å². The van der Waals surface area contributed by atoms with Crippen LogP contribution in [0, 0.1) is 4.77 Å². The fourth-order valence-electron chi connectivity index (χ4n) is 2.03. The fraction of sp³-hybridized carbons (Fsp3) is 0.0625. The summed E-state index contributed by atoms with van der Waals surface area (Å²) in [5.41, 5.74) is 2.13. The van der Waals surface area contributed by atoms with Crippen LogP contribution in [0.1, 0.15) is 15.9 Å². The number of carbonyl (C=O) groups excluding carboxylic acids is 1.